The van der Waals surface area contributed by atoms with Crippen LogP contribution in [0.2, 0.25) is 0 Å². The van der Waals surface area contributed by atoms with Crippen molar-refractivity contribution >= 4 is 5.91 Å². The van der Waals surface area contributed by atoms with Crippen molar-refractivity contribution in [2.45, 2.75) is 26.2 Å². The molecule has 0 saturated carbocycles. The van der Waals surface area contributed by atoms with E-state index < -0.39 is 0 Å². The summed E-state index contributed by atoms with van der Waals surface area (Å²) >= 11 is 0. The van der Waals surface area contributed by atoms with Gasteiger partial charge in [-0.1, -0.05) is 0 Å². The monoisotopic (exact) mass is 256 g/mol. The molecule has 1 aliphatic rings. The van der Waals surface area contributed by atoms with Crippen molar-refractivity contribution in [2.24, 2.45) is 5.73 Å². The smallest absolute Gasteiger partial charge is 0.234 e. The Morgan fingerprint density at radius 2 is 1.89 bits per heavy atom. The second kappa shape index (κ2) is 9.30. The van der Waals surface area contributed by atoms with Crippen LogP contribution in [0.15, 0.2) is 0 Å². The molecule has 106 valence electrons. The molecule has 0 aromatic heterocycles. The molecule has 0 aromatic carbocycles. The van der Waals surface area contributed by atoms with Gasteiger partial charge in [-0.05, 0) is 52.4 Å². The molecule has 0 spiro atoms. The standard InChI is InChI=1S/C13H28N4O/c1-2-15-13(18)12-17-9-5-8-16(10-11-17)7-4-3-6-14/h2-12,14H2,1H3,(H,15,18). The van der Waals surface area contributed by atoms with E-state index in [0.717, 1.165) is 58.7 Å². The van der Waals surface area contributed by atoms with Gasteiger partial charge in [0.25, 0.3) is 0 Å². The summed E-state index contributed by atoms with van der Waals surface area (Å²) in [6.45, 7) is 9.41. The minimum absolute atomic E-state index is 0.147. The summed E-state index contributed by atoms with van der Waals surface area (Å²) in [7, 11) is 0. The lowest BCUT2D eigenvalue weighted by molar-refractivity contribution is -0.122. The normalized spacial score (nSPS) is 18.6. The first-order valence-electron chi connectivity index (χ1n) is 7.17. The Balaban J connectivity index is 2.21. The fourth-order valence-electron chi connectivity index (χ4n) is 2.34. The van der Waals surface area contributed by atoms with E-state index in [4.69, 9.17) is 5.73 Å². The molecule has 1 saturated heterocycles. The van der Waals surface area contributed by atoms with Gasteiger partial charge in [-0.2, -0.15) is 0 Å². The SMILES string of the molecule is CCNC(=O)CN1CCCN(CCCCN)CC1. The maximum Gasteiger partial charge on any atom is 0.234 e. The van der Waals surface area contributed by atoms with Gasteiger partial charge in [0, 0.05) is 19.6 Å². The van der Waals surface area contributed by atoms with Gasteiger partial charge < -0.3 is 16.0 Å². The number of rotatable bonds is 7. The number of nitrogens with zero attached hydrogens (tertiary/aromatic N) is 2. The van der Waals surface area contributed by atoms with Gasteiger partial charge in [0.2, 0.25) is 5.91 Å². The first-order valence-corrected chi connectivity index (χ1v) is 7.17. The number of nitrogens with two attached hydrogens (primary N) is 1. The van der Waals surface area contributed by atoms with Crippen LogP contribution < -0.4 is 11.1 Å². The molecule has 1 amide bonds. The van der Waals surface area contributed by atoms with Gasteiger partial charge in [0.15, 0.2) is 0 Å². The molecule has 0 aromatic rings. The summed E-state index contributed by atoms with van der Waals surface area (Å²) in [4.78, 5) is 16.3. The topological polar surface area (TPSA) is 61.6 Å². The summed E-state index contributed by atoms with van der Waals surface area (Å²) in [5.41, 5.74) is 5.51. The van der Waals surface area contributed by atoms with Gasteiger partial charge in [0.1, 0.15) is 0 Å². The van der Waals surface area contributed by atoms with E-state index in [1.807, 2.05) is 6.92 Å². The molecule has 0 bridgehead atoms. The predicted octanol–water partition coefficient (Wildman–Crippen LogP) is -0.131. The van der Waals surface area contributed by atoms with E-state index in [-0.39, 0.29) is 5.91 Å². The number of carbonyl (C=O) groups is 1. The molecule has 1 fully saturated rings. The Morgan fingerprint density at radius 3 is 2.61 bits per heavy atom. The van der Waals surface area contributed by atoms with Crippen molar-refractivity contribution in [1.29, 1.82) is 0 Å². The van der Waals surface area contributed by atoms with Gasteiger partial charge >= 0.3 is 0 Å². The molecule has 18 heavy (non-hydrogen) atoms. The highest BCUT2D eigenvalue weighted by atomic mass is 16.2. The first kappa shape index (κ1) is 15.4. The minimum atomic E-state index is 0.147. The molecule has 0 unspecified atom stereocenters. The molecule has 0 atom stereocenters. The highest BCUT2D eigenvalue weighted by Crippen LogP contribution is 2.04. The van der Waals surface area contributed by atoms with E-state index in [0.29, 0.717) is 6.54 Å². The van der Waals surface area contributed by atoms with Crippen molar-refractivity contribution in [1.82, 2.24) is 15.1 Å². The third-order valence-electron chi connectivity index (χ3n) is 3.35. The molecule has 1 heterocycles. The molecule has 5 heteroatoms. The molecule has 5 nitrogen and oxygen atoms in total. The number of amides is 1. The van der Waals surface area contributed by atoms with Gasteiger partial charge in [-0.25, -0.2) is 0 Å². The Hall–Kier alpha value is -0.650. The second-order valence-electron chi connectivity index (χ2n) is 4.92. The van der Waals surface area contributed by atoms with Gasteiger partial charge in [0.05, 0.1) is 6.54 Å². The largest absolute Gasteiger partial charge is 0.355 e. The van der Waals surface area contributed by atoms with E-state index in [1.165, 1.54) is 6.42 Å². The maximum atomic E-state index is 11.5. The zero-order valence-corrected chi connectivity index (χ0v) is 11.7. The summed E-state index contributed by atoms with van der Waals surface area (Å²) in [5, 5.41) is 2.86. The fourth-order valence-corrected chi connectivity index (χ4v) is 2.34. The van der Waals surface area contributed by atoms with Crippen LogP contribution in [-0.4, -0.2) is 68.1 Å². The van der Waals surface area contributed by atoms with Crippen molar-refractivity contribution < 1.29 is 4.79 Å². The lowest BCUT2D eigenvalue weighted by atomic mass is 10.3. The summed E-state index contributed by atoms with van der Waals surface area (Å²) in [6.07, 6.45) is 3.45. The van der Waals surface area contributed by atoms with E-state index in [1.54, 1.807) is 0 Å². The Bertz CT molecular complexity index is 235. The number of hydrogen-bond donors (Lipinski definition) is 2. The van der Waals surface area contributed by atoms with E-state index in [9.17, 15) is 4.79 Å². The van der Waals surface area contributed by atoms with Crippen LogP contribution in [0.5, 0.6) is 0 Å². The van der Waals surface area contributed by atoms with Crippen LogP contribution in [0.1, 0.15) is 26.2 Å². The average Bonchev–Trinajstić information content (AvgIpc) is 2.56. The minimum Gasteiger partial charge on any atom is -0.355 e. The Labute approximate surface area is 111 Å². The summed E-state index contributed by atoms with van der Waals surface area (Å²) in [5.74, 6) is 0.147. The quantitative estimate of drug-likeness (QED) is 0.623. The number of unbranched alkanes of at least 4 members (excludes halogenated alkanes) is 1. The van der Waals surface area contributed by atoms with E-state index >= 15 is 0 Å². The highest BCUT2D eigenvalue weighted by Gasteiger charge is 2.16. The molecule has 3 N–H and O–H groups in total. The number of likely N-dealkylation sites (N-methyl/N-ethyl adjacent to an activating group) is 1. The summed E-state index contributed by atoms with van der Waals surface area (Å²) in [6, 6.07) is 0. The molecular formula is C13H28N4O. The highest BCUT2D eigenvalue weighted by molar-refractivity contribution is 5.77. The Morgan fingerprint density at radius 1 is 1.17 bits per heavy atom. The van der Waals surface area contributed by atoms with Crippen LogP contribution in [0, 0.1) is 0 Å². The average molecular weight is 256 g/mol. The van der Waals surface area contributed by atoms with Crippen LogP contribution in [0.3, 0.4) is 0 Å². The first-order chi connectivity index (χ1) is 8.76. The fraction of sp³-hybridized carbons (Fsp3) is 0.923. The van der Waals surface area contributed by atoms with Crippen molar-refractivity contribution in [2.75, 3.05) is 52.4 Å². The Kier molecular flexibility index (Phi) is 7.96. The molecule has 0 radical (unpaired) electrons. The number of carbonyl (C=O) groups excluding carboxylic acids is 1. The summed E-state index contributed by atoms with van der Waals surface area (Å²) < 4.78 is 0. The van der Waals surface area contributed by atoms with Crippen molar-refractivity contribution in [3.63, 3.8) is 0 Å². The third kappa shape index (κ3) is 6.33. The third-order valence-corrected chi connectivity index (χ3v) is 3.35. The maximum absolute atomic E-state index is 11.5. The van der Waals surface area contributed by atoms with Crippen molar-refractivity contribution in [3.05, 3.63) is 0 Å². The van der Waals surface area contributed by atoms with Gasteiger partial charge in [-0.3, -0.25) is 9.69 Å². The van der Waals surface area contributed by atoms with Crippen LogP contribution >= 0.6 is 0 Å². The lowest BCUT2D eigenvalue weighted by Gasteiger charge is -2.21. The predicted molar refractivity (Wildman–Crippen MR) is 74.5 cm³/mol. The molecule has 1 rings (SSSR count). The molecule has 0 aliphatic carbocycles. The zero-order valence-electron chi connectivity index (χ0n) is 11.7. The van der Waals surface area contributed by atoms with Crippen LogP contribution in [-0.2, 0) is 4.79 Å². The molecule has 1 aliphatic heterocycles. The van der Waals surface area contributed by atoms with E-state index in [2.05, 4.69) is 15.1 Å². The second-order valence-corrected chi connectivity index (χ2v) is 4.92. The lowest BCUT2D eigenvalue weighted by Crippen LogP contribution is -2.39. The number of nitrogens with one attached hydrogen (secondary N) is 1. The molecular weight excluding hydrogens is 228 g/mol. The van der Waals surface area contributed by atoms with Crippen LogP contribution in [0.25, 0.3) is 0 Å². The van der Waals surface area contributed by atoms with Crippen LogP contribution in [0.4, 0.5) is 0 Å². The van der Waals surface area contributed by atoms with Crippen molar-refractivity contribution in [3.8, 4) is 0 Å². The number of hydrogen-bond acceptors (Lipinski definition) is 4. The van der Waals surface area contributed by atoms with Gasteiger partial charge in [-0.15, -0.1) is 0 Å². The zero-order chi connectivity index (χ0) is 13.2.